The monoisotopic (exact) mass is 422 g/mol. The van der Waals surface area contributed by atoms with Gasteiger partial charge < -0.3 is 24.4 Å². The number of ether oxygens (including phenoxy) is 3. The molecule has 8 nitrogen and oxygen atoms in total. The van der Waals surface area contributed by atoms with E-state index in [0.29, 0.717) is 5.56 Å². The summed E-state index contributed by atoms with van der Waals surface area (Å²) in [4.78, 5) is 38.8. The Labute approximate surface area is 176 Å². The molecule has 0 unspecified atom stereocenters. The first-order chi connectivity index (χ1) is 13.9. The summed E-state index contributed by atoms with van der Waals surface area (Å²) in [7, 11) is 1.36. The summed E-state index contributed by atoms with van der Waals surface area (Å²) in [6, 6.07) is 4.28. The predicted octanol–water partition coefficient (Wildman–Crippen LogP) is 2.34. The third-order valence-electron chi connectivity index (χ3n) is 5.07. The van der Waals surface area contributed by atoms with Crippen molar-refractivity contribution in [2.45, 2.75) is 64.8 Å². The van der Waals surface area contributed by atoms with Crippen molar-refractivity contribution in [3.63, 3.8) is 0 Å². The highest BCUT2D eigenvalue weighted by Crippen LogP contribution is 2.48. The highest BCUT2D eigenvalue weighted by Gasteiger charge is 2.57. The maximum atomic E-state index is 13.0. The minimum Gasteiger partial charge on any atom is -0.504 e. The van der Waals surface area contributed by atoms with E-state index < -0.39 is 59.7 Å². The zero-order chi connectivity index (χ0) is 22.8. The molecular weight excluding hydrogens is 392 g/mol. The van der Waals surface area contributed by atoms with Crippen molar-refractivity contribution in [2.24, 2.45) is 11.8 Å². The van der Waals surface area contributed by atoms with Crippen LogP contribution in [0.1, 0.15) is 52.5 Å². The van der Waals surface area contributed by atoms with Gasteiger partial charge >= 0.3 is 11.9 Å². The van der Waals surface area contributed by atoms with E-state index in [2.05, 4.69) is 0 Å². The van der Waals surface area contributed by atoms with Crippen LogP contribution in [0, 0.1) is 11.8 Å². The minimum atomic E-state index is -1.74. The van der Waals surface area contributed by atoms with E-state index in [4.69, 9.17) is 14.2 Å². The third kappa shape index (κ3) is 4.92. The van der Waals surface area contributed by atoms with Crippen LogP contribution in [0.4, 0.5) is 0 Å². The van der Waals surface area contributed by atoms with Crippen LogP contribution in [0.15, 0.2) is 18.2 Å². The molecule has 1 aromatic carbocycles. The van der Waals surface area contributed by atoms with Gasteiger partial charge in [-0.3, -0.25) is 14.4 Å². The second-order valence-corrected chi connectivity index (χ2v) is 8.38. The lowest BCUT2D eigenvalue weighted by Gasteiger charge is -2.44. The van der Waals surface area contributed by atoms with Crippen LogP contribution < -0.4 is 4.74 Å². The lowest BCUT2D eigenvalue weighted by atomic mass is 9.61. The van der Waals surface area contributed by atoms with Gasteiger partial charge in [-0.05, 0) is 52.3 Å². The van der Waals surface area contributed by atoms with Crippen molar-refractivity contribution >= 4 is 17.7 Å². The molecule has 1 aliphatic carbocycles. The van der Waals surface area contributed by atoms with Crippen LogP contribution in [-0.4, -0.2) is 52.9 Å². The smallest absolute Gasteiger partial charge is 0.317 e. The Morgan fingerprint density at radius 3 is 2.20 bits per heavy atom. The van der Waals surface area contributed by atoms with Crippen LogP contribution in [0.5, 0.6) is 11.5 Å². The fourth-order valence-corrected chi connectivity index (χ4v) is 3.93. The number of aliphatic hydroxyl groups is 1. The molecule has 2 rings (SSSR count). The average molecular weight is 422 g/mol. The number of benzene rings is 1. The van der Waals surface area contributed by atoms with E-state index >= 15 is 0 Å². The maximum absolute atomic E-state index is 13.0. The summed E-state index contributed by atoms with van der Waals surface area (Å²) >= 11 is 0. The molecule has 1 aliphatic rings. The molecule has 1 fully saturated rings. The number of carbonyl (C=O) groups is 3. The standard InChI is InChI=1S/C22H30O8/c1-11(2)29-20(25)18-15(24)10-22(5,27)19(21(26)30-12(3)4)17(18)13-7-8-14(23)16(9-13)28-6/h7-9,11-12,17-19,23,27H,10H2,1-6H3/t17-,18-,19+,22-/m0/s1. The van der Waals surface area contributed by atoms with Gasteiger partial charge in [0.25, 0.3) is 0 Å². The van der Waals surface area contributed by atoms with E-state index in [-0.39, 0.29) is 11.5 Å². The number of phenols is 1. The number of hydrogen-bond acceptors (Lipinski definition) is 8. The first-order valence-corrected chi connectivity index (χ1v) is 9.92. The molecule has 166 valence electrons. The molecule has 0 aliphatic heterocycles. The number of phenolic OH excluding ortho intramolecular Hbond substituents is 1. The highest BCUT2D eigenvalue weighted by molar-refractivity contribution is 6.02. The second-order valence-electron chi connectivity index (χ2n) is 8.38. The topological polar surface area (TPSA) is 119 Å². The number of esters is 2. The van der Waals surface area contributed by atoms with E-state index in [1.54, 1.807) is 27.7 Å². The predicted molar refractivity (Wildman–Crippen MR) is 107 cm³/mol. The molecule has 0 bridgehead atoms. The van der Waals surface area contributed by atoms with Crippen LogP contribution >= 0.6 is 0 Å². The number of carbonyl (C=O) groups excluding carboxylic acids is 3. The molecule has 2 N–H and O–H groups in total. The number of Topliss-reactive ketones (excluding diaryl/α,β-unsaturated/α-hetero) is 1. The first kappa shape index (κ1) is 23.7. The Balaban J connectivity index is 2.67. The molecule has 30 heavy (non-hydrogen) atoms. The lowest BCUT2D eigenvalue weighted by Crippen LogP contribution is -2.55. The van der Waals surface area contributed by atoms with Crippen LogP contribution in [-0.2, 0) is 23.9 Å². The van der Waals surface area contributed by atoms with Gasteiger partial charge in [0.1, 0.15) is 5.92 Å². The fraction of sp³-hybridized carbons (Fsp3) is 0.591. The molecule has 1 saturated carbocycles. The Kier molecular flexibility index (Phi) is 7.13. The molecule has 0 radical (unpaired) electrons. The van der Waals surface area contributed by atoms with E-state index in [9.17, 15) is 24.6 Å². The molecule has 0 saturated heterocycles. The lowest BCUT2D eigenvalue weighted by molar-refractivity contribution is -0.176. The zero-order valence-corrected chi connectivity index (χ0v) is 18.2. The van der Waals surface area contributed by atoms with Crippen LogP contribution in [0.25, 0.3) is 0 Å². The number of hydrogen-bond donors (Lipinski definition) is 2. The quantitative estimate of drug-likeness (QED) is 0.530. The molecule has 0 heterocycles. The van der Waals surface area contributed by atoms with Crippen molar-refractivity contribution in [1.29, 1.82) is 0 Å². The summed E-state index contributed by atoms with van der Waals surface area (Å²) in [5, 5.41) is 21.0. The van der Waals surface area contributed by atoms with Crippen molar-refractivity contribution in [3.8, 4) is 11.5 Å². The Morgan fingerprint density at radius 1 is 1.10 bits per heavy atom. The highest BCUT2D eigenvalue weighted by atomic mass is 16.5. The van der Waals surface area contributed by atoms with Crippen molar-refractivity contribution < 1.29 is 38.8 Å². The Morgan fingerprint density at radius 2 is 1.67 bits per heavy atom. The summed E-state index contributed by atoms with van der Waals surface area (Å²) in [6.45, 7) is 8.04. The van der Waals surface area contributed by atoms with Gasteiger partial charge in [-0.25, -0.2) is 0 Å². The van der Waals surface area contributed by atoms with Gasteiger partial charge in [0.15, 0.2) is 17.3 Å². The van der Waals surface area contributed by atoms with Gasteiger partial charge in [0, 0.05) is 12.3 Å². The molecule has 1 aromatic rings. The van der Waals surface area contributed by atoms with E-state index in [0.717, 1.165) is 0 Å². The van der Waals surface area contributed by atoms with Crippen molar-refractivity contribution in [1.82, 2.24) is 0 Å². The normalized spacial score (nSPS) is 26.6. The largest absolute Gasteiger partial charge is 0.504 e. The van der Waals surface area contributed by atoms with Gasteiger partial charge in [-0.1, -0.05) is 6.07 Å². The Hall–Kier alpha value is -2.61. The van der Waals surface area contributed by atoms with Crippen molar-refractivity contribution in [2.75, 3.05) is 7.11 Å². The average Bonchev–Trinajstić information content (AvgIpc) is 2.59. The van der Waals surface area contributed by atoms with Crippen LogP contribution in [0.2, 0.25) is 0 Å². The molecule has 0 aromatic heterocycles. The summed E-state index contributed by atoms with van der Waals surface area (Å²) in [5.41, 5.74) is -1.37. The molecule has 0 spiro atoms. The van der Waals surface area contributed by atoms with Crippen molar-refractivity contribution in [3.05, 3.63) is 23.8 Å². The van der Waals surface area contributed by atoms with E-state index in [1.807, 2.05) is 0 Å². The molecule has 4 atom stereocenters. The fourth-order valence-electron chi connectivity index (χ4n) is 3.93. The number of rotatable bonds is 6. The summed E-state index contributed by atoms with van der Waals surface area (Å²) in [6.07, 6.45) is -1.32. The zero-order valence-electron chi connectivity index (χ0n) is 18.2. The van der Waals surface area contributed by atoms with Gasteiger partial charge in [0.05, 0.1) is 30.8 Å². The van der Waals surface area contributed by atoms with Gasteiger partial charge in [0.2, 0.25) is 0 Å². The minimum absolute atomic E-state index is 0.108. The Bertz CT molecular complexity index is 803. The van der Waals surface area contributed by atoms with Gasteiger partial charge in [-0.15, -0.1) is 0 Å². The molecular formula is C22H30O8. The van der Waals surface area contributed by atoms with Crippen LogP contribution in [0.3, 0.4) is 0 Å². The maximum Gasteiger partial charge on any atom is 0.317 e. The summed E-state index contributed by atoms with van der Waals surface area (Å²) in [5.74, 6) is -5.64. The third-order valence-corrected chi connectivity index (χ3v) is 5.07. The molecule has 8 heteroatoms. The summed E-state index contributed by atoms with van der Waals surface area (Å²) < 4.78 is 15.8. The van der Waals surface area contributed by atoms with E-state index in [1.165, 1.54) is 32.2 Å². The van der Waals surface area contributed by atoms with Gasteiger partial charge in [-0.2, -0.15) is 0 Å². The SMILES string of the molecule is COc1cc([C@H]2[C@@H](C(=O)OC(C)C)C(=O)C[C@](C)(O)[C@H]2C(=O)OC(C)C)ccc1O. The molecule has 0 amide bonds. The second kappa shape index (κ2) is 9.04. The number of methoxy groups -OCH3 is 1. The first-order valence-electron chi connectivity index (χ1n) is 9.92. The number of ketones is 1. The number of aromatic hydroxyl groups is 1.